The molecule has 0 saturated heterocycles. The Kier molecular flexibility index (Phi) is 2.68. The molecule has 1 rings (SSSR count). The van der Waals surface area contributed by atoms with Crippen molar-refractivity contribution in [3.05, 3.63) is 12.4 Å². The van der Waals surface area contributed by atoms with Crippen LogP contribution in [-0.2, 0) is 11.3 Å². The van der Waals surface area contributed by atoms with E-state index in [4.69, 9.17) is 5.73 Å². The molecule has 12 heavy (non-hydrogen) atoms. The van der Waals surface area contributed by atoms with Crippen LogP contribution in [0.3, 0.4) is 0 Å². The SMILES string of the molecule is CCNC(=O)Cn1ccnc1N. The molecule has 5 nitrogen and oxygen atoms in total. The van der Waals surface area contributed by atoms with Crippen molar-refractivity contribution in [2.75, 3.05) is 12.3 Å². The van der Waals surface area contributed by atoms with Gasteiger partial charge in [-0.2, -0.15) is 0 Å². The average molecular weight is 168 g/mol. The third-order valence-electron chi connectivity index (χ3n) is 1.44. The van der Waals surface area contributed by atoms with Gasteiger partial charge in [0.05, 0.1) is 0 Å². The van der Waals surface area contributed by atoms with E-state index in [1.165, 1.54) is 0 Å². The average Bonchev–Trinajstić information content (AvgIpc) is 2.37. The smallest absolute Gasteiger partial charge is 0.240 e. The van der Waals surface area contributed by atoms with Crippen molar-refractivity contribution >= 4 is 11.9 Å². The first-order chi connectivity index (χ1) is 5.74. The molecule has 66 valence electrons. The van der Waals surface area contributed by atoms with Crippen LogP contribution in [0, 0.1) is 0 Å². The van der Waals surface area contributed by atoms with E-state index in [1.54, 1.807) is 17.0 Å². The van der Waals surface area contributed by atoms with Crippen molar-refractivity contribution < 1.29 is 4.79 Å². The van der Waals surface area contributed by atoms with Crippen molar-refractivity contribution in [1.82, 2.24) is 14.9 Å². The number of likely N-dealkylation sites (N-methyl/N-ethyl adjacent to an activating group) is 1. The van der Waals surface area contributed by atoms with Gasteiger partial charge in [0.15, 0.2) is 0 Å². The van der Waals surface area contributed by atoms with Crippen LogP contribution in [0.5, 0.6) is 0 Å². The van der Waals surface area contributed by atoms with Gasteiger partial charge in [0.1, 0.15) is 6.54 Å². The maximum absolute atomic E-state index is 11.0. The minimum absolute atomic E-state index is 0.0535. The highest BCUT2D eigenvalue weighted by molar-refractivity contribution is 5.75. The van der Waals surface area contributed by atoms with Gasteiger partial charge in [-0.15, -0.1) is 0 Å². The Morgan fingerprint density at radius 1 is 1.83 bits per heavy atom. The molecule has 0 bridgehead atoms. The molecule has 0 unspecified atom stereocenters. The van der Waals surface area contributed by atoms with Crippen LogP contribution in [0.2, 0.25) is 0 Å². The molecule has 0 fully saturated rings. The lowest BCUT2D eigenvalue weighted by molar-refractivity contribution is -0.121. The zero-order valence-corrected chi connectivity index (χ0v) is 6.95. The summed E-state index contributed by atoms with van der Waals surface area (Å²) in [6, 6.07) is 0. The topological polar surface area (TPSA) is 72.9 Å². The second kappa shape index (κ2) is 3.75. The molecule has 1 aromatic heterocycles. The number of aromatic nitrogens is 2. The zero-order valence-electron chi connectivity index (χ0n) is 6.95. The van der Waals surface area contributed by atoms with Crippen molar-refractivity contribution in [2.45, 2.75) is 13.5 Å². The summed E-state index contributed by atoms with van der Waals surface area (Å²) in [5.41, 5.74) is 5.46. The molecule has 5 heteroatoms. The third kappa shape index (κ3) is 1.98. The quantitative estimate of drug-likeness (QED) is 0.645. The number of nitrogens with zero attached hydrogens (tertiary/aromatic N) is 2. The zero-order chi connectivity index (χ0) is 8.97. The fourth-order valence-electron chi connectivity index (χ4n) is 0.882. The van der Waals surface area contributed by atoms with Crippen LogP contribution in [0.15, 0.2) is 12.4 Å². The minimum atomic E-state index is -0.0535. The highest BCUT2D eigenvalue weighted by Crippen LogP contribution is 1.96. The number of rotatable bonds is 3. The lowest BCUT2D eigenvalue weighted by Crippen LogP contribution is -2.27. The van der Waals surface area contributed by atoms with Crippen LogP contribution in [0.1, 0.15) is 6.92 Å². The number of imidazole rings is 1. The molecule has 0 aromatic carbocycles. The summed E-state index contributed by atoms with van der Waals surface area (Å²) in [5.74, 6) is 0.309. The lowest BCUT2D eigenvalue weighted by Gasteiger charge is -2.03. The molecular weight excluding hydrogens is 156 g/mol. The molecule has 0 aliphatic heterocycles. The number of amides is 1. The van der Waals surface area contributed by atoms with E-state index in [0.29, 0.717) is 12.5 Å². The van der Waals surface area contributed by atoms with Crippen LogP contribution in [0.4, 0.5) is 5.95 Å². The number of anilines is 1. The Morgan fingerprint density at radius 3 is 3.08 bits per heavy atom. The van der Waals surface area contributed by atoms with E-state index in [-0.39, 0.29) is 12.5 Å². The molecule has 0 saturated carbocycles. The summed E-state index contributed by atoms with van der Waals surface area (Å²) in [6.45, 7) is 2.74. The van der Waals surface area contributed by atoms with Gasteiger partial charge in [0, 0.05) is 18.9 Å². The normalized spacial score (nSPS) is 9.75. The molecule has 1 heterocycles. The van der Waals surface area contributed by atoms with E-state index in [2.05, 4.69) is 10.3 Å². The third-order valence-corrected chi connectivity index (χ3v) is 1.44. The predicted octanol–water partition coefficient (Wildman–Crippen LogP) is -0.399. The molecule has 1 amide bonds. The minimum Gasteiger partial charge on any atom is -0.369 e. The second-order valence-electron chi connectivity index (χ2n) is 2.37. The van der Waals surface area contributed by atoms with Gasteiger partial charge in [-0.3, -0.25) is 4.79 Å². The van der Waals surface area contributed by atoms with Gasteiger partial charge in [0.25, 0.3) is 0 Å². The largest absolute Gasteiger partial charge is 0.369 e. The van der Waals surface area contributed by atoms with Crippen molar-refractivity contribution in [3.63, 3.8) is 0 Å². The summed E-state index contributed by atoms with van der Waals surface area (Å²) in [7, 11) is 0. The van der Waals surface area contributed by atoms with Gasteiger partial charge in [-0.25, -0.2) is 4.98 Å². The molecule has 0 aliphatic rings. The van der Waals surface area contributed by atoms with Gasteiger partial charge in [0.2, 0.25) is 11.9 Å². The summed E-state index contributed by atoms with van der Waals surface area (Å²) in [6.07, 6.45) is 3.24. The van der Waals surface area contributed by atoms with Gasteiger partial charge in [-0.1, -0.05) is 0 Å². The highest BCUT2D eigenvalue weighted by atomic mass is 16.1. The number of carbonyl (C=O) groups is 1. The maximum atomic E-state index is 11.0. The first kappa shape index (κ1) is 8.58. The summed E-state index contributed by atoms with van der Waals surface area (Å²) < 4.78 is 1.59. The Balaban J connectivity index is 2.52. The summed E-state index contributed by atoms with van der Waals surface area (Å²) in [4.78, 5) is 14.8. The summed E-state index contributed by atoms with van der Waals surface area (Å²) in [5, 5.41) is 2.67. The molecule has 3 N–H and O–H groups in total. The fourth-order valence-corrected chi connectivity index (χ4v) is 0.882. The molecule has 0 atom stereocenters. The Morgan fingerprint density at radius 2 is 2.58 bits per heavy atom. The Bertz CT molecular complexity index is 268. The van der Waals surface area contributed by atoms with Crippen molar-refractivity contribution in [1.29, 1.82) is 0 Å². The molecule has 0 spiro atoms. The van der Waals surface area contributed by atoms with E-state index in [0.717, 1.165) is 0 Å². The number of nitrogens with one attached hydrogen (secondary N) is 1. The van der Waals surface area contributed by atoms with Crippen LogP contribution >= 0.6 is 0 Å². The Hall–Kier alpha value is -1.52. The second-order valence-corrected chi connectivity index (χ2v) is 2.37. The van der Waals surface area contributed by atoms with Crippen LogP contribution < -0.4 is 11.1 Å². The summed E-state index contributed by atoms with van der Waals surface area (Å²) >= 11 is 0. The standard InChI is InChI=1S/C7H12N4O/c1-2-9-6(12)5-11-4-3-10-7(11)8/h3-4H,2,5H2,1H3,(H2,8,10)(H,9,12). The predicted molar refractivity (Wildman–Crippen MR) is 45.3 cm³/mol. The van der Waals surface area contributed by atoms with Crippen molar-refractivity contribution in [3.8, 4) is 0 Å². The van der Waals surface area contributed by atoms with Gasteiger partial charge >= 0.3 is 0 Å². The molecule has 0 radical (unpaired) electrons. The number of nitrogens with two attached hydrogens (primary N) is 1. The number of nitrogen functional groups attached to an aromatic ring is 1. The first-order valence-corrected chi connectivity index (χ1v) is 3.77. The highest BCUT2D eigenvalue weighted by Gasteiger charge is 2.02. The molecule has 0 aliphatic carbocycles. The maximum Gasteiger partial charge on any atom is 0.240 e. The van der Waals surface area contributed by atoms with E-state index in [1.807, 2.05) is 6.92 Å². The van der Waals surface area contributed by atoms with E-state index >= 15 is 0 Å². The van der Waals surface area contributed by atoms with E-state index in [9.17, 15) is 4.79 Å². The van der Waals surface area contributed by atoms with E-state index < -0.39 is 0 Å². The lowest BCUT2D eigenvalue weighted by atomic mass is 10.5. The fraction of sp³-hybridized carbons (Fsp3) is 0.429. The number of hydrogen-bond acceptors (Lipinski definition) is 3. The van der Waals surface area contributed by atoms with Gasteiger partial charge < -0.3 is 15.6 Å². The number of hydrogen-bond donors (Lipinski definition) is 2. The van der Waals surface area contributed by atoms with Crippen LogP contribution in [0.25, 0.3) is 0 Å². The van der Waals surface area contributed by atoms with Crippen LogP contribution in [-0.4, -0.2) is 22.0 Å². The molecular formula is C7H12N4O. The first-order valence-electron chi connectivity index (χ1n) is 3.77. The Labute approximate surface area is 70.6 Å². The monoisotopic (exact) mass is 168 g/mol. The van der Waals surface area contributed by atoms with Crippen molar-refractivity contribution in [2.24, 2.45) is 0 Å². The molecule has 1 aromatic rings. The number of carbonyl (C=O) groups excluding carboxylic acids is 1. The van der Waals surface area contributed by atoms with Gasteiger partial charge in [-0.05, 0) is 6.92 Å².